The van der Waals surface area contributed by atoms with Gasteiger partial charge in [-0.2, -0.15) is 5.26 Å². The van der Waals surface area contributed by atoms with Gasteiger partial charge in [-0.05, 0) is 47.2 Å². The van der Waals surface area contributed by atoms with E-state index in [4.69, 9.17) is 16.0 Å². The molecular formula is C24H14ClNO3. The van der Waals surface area contributed by atoms with E-state index in [1.807, 2.05) is 42.5 Å². The van der Waals surface area contributed by atoms with E-state index < -0.39 is 5.97 Å². The molecule has 0 bridgehead atoms. The minimum atomic E-state index is -1.04. The average Bonchev–Trinajstić information content (AvgIpc) is 3.20. The zero-order valence-corrected chi connectivity index (χ0v) is 15.9. The van der Waals surface area contributed by atoms with E-state index in [-0.39, 0.29) is 5.56 Å². The molecule has 1 N–H and O–H groups in total. The maximum Gasteiger partial charge on any atom is 0.335 e. The Bertz CT molecular complexity index is 1310. The molecule has 0 aliphatic carbocycles. The van der Waals surface area contributed by atoms with Crippen LogP contribution in [0.15, 0.2) is 77.2 Å². The molecule has 0 aliphatic rings. The number of furan rings is 1. The Morgan fingerprint density at radius 2 is 1.83 bits per heavy atom. The number of carboxylic acids is 1. The van der Waals surface area contributed by atoms with Gasteiger partial charge in [-0.15, -0.1) is 0 Å². The van der Waals surface area contributed by atoms with Crippen molar-refractivity contribution in [1.82, 2.24) is 0 Å². The number of aromatic carboxylic acids is 1. The molecule has 4 nitrogen and oxygen atoms in total. The molecule has 4 rings (SSSR count). The predicted molar refractivity (Wildman–Crippen MR) is 114 cm³/mol. The summed E-state index contributed by atoms with van der Waals surface area (Å²) in [6.45, 7) is 0. The fourth-order valence-electron chi connectivity index (χ4n) is 3.20. The van der Waals surface area contributed by atoms with Crippen LogP contribution in [0.1, 0.15) is 21.7 Å². The van der Waals surface area contributed by atoms with Gasteiger partial charge in [0, 0.05) is 11.1 Å². The number of halogens is 1. The minimum Gasteiger partial charge on any atom is -0.478 e. The van der Waals surface area contributed by atoms with Crippen LogP contribution >= 0.6 is 11.6 Å². The zero-order valence-electron chi connectivity index (χ0n) is 15.1. The van der Waals surface area contributed by atoms with Gasteiger partial charge in [0.25, 0.3) is 0 Å². The highest BCUT2D eigenvalue weighted by atomic mass is 35.5. The second-order valence-electron chi connectivity index (χ2n) is 6.40. The topological polar surface area (TPSA) is 74.2 Å². The van der Waals surface area contributed by atoms with Crippen LogP contribution in [0.5, 0.6) is 0 Å². The second-order valence-corrected chi connectivity index (χ2v) is 6.81. The third kappa shape index (κ3) is 3.64. The minimum absolute atomic E-state index is 0.117. The van der Waals surface area contributed by atoms with Crippen molar-refractivity contribution in [2.75, 3.05) is 0 Å². The number of allylic oxidation sites excluding steroid dienone is 1. The van der Waals surface area contributed by atoms with Crippen molar-refractivity contribution in [2.45, 2.75) is 0 Å². The first-order valence-corrected chi connectivity index (χ1v) is 9.17. The quantitative estimate of drug-likeness (QED) is 0.396. The lowest BCUT2D eigenvalue weighted by molar-refractivity contribution is 0.0697. The molecule has 29 heavy (non-hydrogen) atoms. The third-order valence-corrected chi connectivity index (χ3v) is 4.92. The van der Waals surface area contributed by atoms with Crippen LogP contribution in [-0.2, 0) is 0 Å². The Hall–Kier alpha value is -3.81. The SMILES string of the molecule is N#C/C(=C\c1ccc(-c2cc(C(=O)O)ccc2Cl)o1)c1cccc2ccccc12. The number of rotatable bonds is 4. The summed E-state index contributed by atoms with van der Waals surface area (Å²) in [4.78, 5) is 11.2. The number of fused-ring (bicyclic) bond motifs is 1. The maximum absolute atomic E-state index is 11.2. The van der Waals surface area contributed by atoms with E-state index in [0.29, 0.717) is 27.7 Å². The largest absolute Gasteiger partial charge is 0.478 e. The van der Waals surface area contributed by atoms with Crippen LogP contribution in [0, 0.1) is 11.3 Å². The molecule has 4 aromatic rings. The van der Waals surface area contributed by atoms with Crippen LogP contribution in [0.4, 0.5) is 0 Å². The standard InChI is InChI=1S/C24H14ClNO3/c25-22-10-8-16(24(27)28)13-21(22)23-11-9-18(29-23)12-17(14-26)20-7-3-5-15-4-1-2-6-19(15)20/h1-13H,(H,27,28)/b17-12+. The summed E-state index contributed by atoms with van der Waals surface area (Å²) in [7, 11) is 0. The number of hydrogen-bond donors (Lipinski definition) is 1. The van der Waals surface area contributed by atoms with Crippen molar-refractivity contribution in [2.24, 2.45) is 0 Å². The van der Waals surface area contributed by atoms with Crippen molar-refractivity contribution in [3.05, 3.63) is 94.7 Å². The summed E-state index contributed by atoms with van der Waals surface area (Å²) in [5, 5.41) is 21.3. The Balaban J connectivity index is 1.76. The van der Waals surface area contributed by atoms with Gasteiger partial charge in [0.15, 0.2) is 0 Å². The lowest BCUT2D eigenvalue weighted by Crippen LogP contribution is -1.96. The van der Waals surface area contributed by atoms with Crippen LogP contribution in [0.2, 0.25) is 5.02 Å². The number of carboxylic acid groups (broad SMARTS) is 1. The molecule has 0 atom stereocenters. The summed E-state index contributed by atoms with van der Waals surface area (Å²) >= 11 is 6.22. The van der Waals surface area contributed by atoms with Gasteiger partial charge in [-0.1, -0.05) is 54.1 Å². The van der Waals surface area contributed by atoms with Gasteiger partial charge >= 0.3 is 5.97 Å². The highest BCUT2D eigenvalue weighted by Gasteiger charge is 2.13. The molecule has 0 aliphatic heterocycles. The van der Waals surface area contributed by atoms with E-state index in [0.717, 1.165) is 16.3 Å². The zero-order chi connectivity index (χ0) is 20.4. The summed E-state index contributed by atoms with van der Waals surface area (Å²) < 4.78 is 5.85. The highest BCUT2D eigenvalue weighted by Crippen LogP contribution is 2.32. The Labute approximate surface area is 171 Å². The molecule has 0 unspecified atom stereocenters. The van der Waals surface area contributed by atoms with Gasteiger partial charge in [-0.25, -0.2) is 4.79 Å². The lowest BCUT2D eigenvalue weighted by Gasteiger charge is -2.05. The fraction of sp³-hybridized carbons (Fsp3) is 0. The van der Waals surface area contributed by atoms with Crippen molar-refractivity contribution in [1.29, 1.82) is 5.26 Å². The molecular weight excluding hydrogens is 386 g/mol. The maximum atomic E-state index is 11.2. The summed E-state index contributed by atoms with van der Waals surface area (Å²) in [5.41, 5.74) is 1.88. The van der Waals surface area contributed by atoms with Gasteiger partial charge in [0.2, 0.25) is 0 Å². The highest BCUT2D eigenvalue weighted by molar-refractivity contribution is 6.33. The molecule has 0 fully saturated rings. The van der Waals surface area contributed by atoms with Crippen molar-refractivity contribution in [3.8, 4) is 17.4 Å². The molecule has 140 valence electrons. The molecule has 0 amide bonds. The fourth-order valence-corrected chi connectivity index (χ4v) is 3.41. The Kier molecular flexibility index (Phi) is 4.90. The van der Waals surface area contributed by atoms with Crippen LogP contribution in [0.25, 0.3) is 33.7 Å². The van der Waals surface area contributed by atoms with Gasteiger partial charge in [0.05, 0.1) is 22.2 Å². The smallest absolute Gasteiger partial charge is 0.335 e. The number of nitriles is 1. The van der Waals surface area contributed by atoms with Crippen molar-refractivity contribution in [3.63, 3.8) is 0 Å². The first-order valence-electron chi connectivity index (χ1n) is 8.80. The Morgan fingerprint density at radius 3 is 2.62 bits per heavy atom. The van der Waals surface area contributed by atoms with Gasteiger partial charge < -0.3 is 9.52 Å². The van der Waals surface area contributed by atoms with Crippen LogP contribution in [-0.4, -0.2) is 11.1 Å². The van der Waals surface area contributed by atoms with E-state index in [1.165, 1.54) is 18.2 Å². The molecule has 1 heterocycles. The monoisotopic (exact) mass is 399 g/mol. The van der Waals surface area contributed by atoms with E-state index in [9.17, 15) is 15.2 Å². The number of nitrogens with zero attached hydrogens (tertiary/aromatic N) is 1. The molecule has 1 aromatic heterocycles. The number of hydrogen-bond acceptors (Lipinski definition) is 3. The molecule has 3 aromatic carbocycles. The summed E-state index contributed by atoms with van der Waals surface area (Å²) in [5.74, 6) is -0.141. The third-order valence-electron chi connectivity index (χ3n) is 4.59. The first-order chi connectivity index (χ1) is 14.1. The summed E-state index contributed by atoms with van der Waals surface area (Å²) in [6.07, 6.45) is 1.67. The molecule has 0 radical (unpaired) electrons. The van der Waals surface area contributed by atoms with Gasteiger partial charge in [0.1, 0.15) is 11.5 Å². The second kappa shape index (κ2) is 7.67. The van der Waals surface area contributed by atoms with Crippen LogP contribution < -0.4 is 0 Å². The normalized spacial score (nSPS) is 11.4. The number of carbonyl (C=O) groups is 1. The van der Waals surface area contributed by atoms with E-state index >= 15 is 0 Å². The van der Waals surface area contributed by atoms with Crippen LogP contribution in [0.3, 0.4) is 0 Å². The van der Waals surface area contributed by atoms with Gasteiger partial charge in [-0.3, -0.25) is 0 Å². The molecule has 5 heteroatoms. The molecule has 0 saturated heterocycles. The molecule has 0 saturated carbocycles. The summed E-state index contributed by atoms with van der Waals surface area (Å²) in [6, 6.07) is 23.8. The number of benzene rings is 3. The Morgan fingerprint density at radius 1 is 1.03 bits per heavy atom. The van der Waals surface area contributed by atoms with Crippen molar-refractivity contribution < 1.29 is 14.3 Å². The molecule has 0 spiro atoms. The average molecular weight is 400 g/mol. The first kappa shape index (κ1) is 18.5. The lowest BCUT2D eigenvalue weighted by atomic mass is 9.98. The van der Waals surface area contributed by atoms with Crippen molar-refractivity contribution >= 4 is 40.0 Å². The van der Waals surface area contributed by atoms with E-state index in [1.54, 1.807) is 18.2 Å². The van der Waals surface area contributed by atoms with E-state index in [2.05, 4.69) is 6.07 Å². The predicted octanol–water partition coefficient (Wildman–Crippen LogP) is 6.52.